The SMILES string of the molecule is CCCCN(CCCC)CCCNC(=O)NC(CCSC)C(=O)O. The fraction of sp³-hybridized carbons (Fsp3) is 0.882. The molecule has 0 saturated carbocycles. The third-order valence-corrected chi connectivity index (χ3v) is 4.45. The number of nitrogens with zero attached hydrogens (tertiary/aromatic N) is 1. The number of carbonyl (C=O) groups is 2. The van der Waals surface area contributed by atoms with Crippen LogP contribution in [0.25, 0.3) is 0 Å². The Morgan fingerprint density at radius 2 is 1.67 bits per heavy atom. The van der Waals surface area contributed by atoms with Crippen LogP contribution in [-0.4, -0.2) is 66.2 Å². The summed E-state index contributed by atoms with van der Waals surface area (Å²) in [4.78, 5) is 25.4. The molecule has 0 rings (SSSR count). The van der Waals surface area contributed by atoms with Gasteiger partial charge in [-0.2, -0.15) is 11.8 Å². The Labute approximate surface area is 151 Å². The summed E-state index contributed by atoms with van der Waals surface area (Å²) in [7, 11) is 0. The van der Waals surface area contributed by atoms with E-state index in [2.05, 4.69) is 29.4 Å². The van der Waals surface area contributed by atoms with E-state index < -0.39 is 18.0 Å². The maximum absolute atomic E-state index is 11.8. The van der Waals surface area contributed by atoms with Crippen molar-refractivity contribution in [1.82, 2.24) is 15.5 Å². The summed E-state index contributed by atoms with van der Waals surface area (Å²) in [6, 6.07) is -1.21. The minimum absolute atomic E-state index is 0.392. The van der Waals surface area contributed by atoms with E-state index in [4.69, 9.17) is 5.11 Å². The number of carboxylic acids is 1. The van der Waals surface area contributed by atoms with Gasteiger partial charge in [0.25, 0.3) is 0 Å². The average Bonchev–Trinajstić information content (AvgIpc) is 2.56. The minimum Gasteiger partial charge on any atom is -0.480 e. The van der Waals surface area contributed by atoms with Gasteiger partial charge in [-0.25, -0.2) is 9.59 Å². The van der Waals surface area contributed by atoms with E-state index in [-0.39, 0.29) is 0 Å². The van der Waals surface area contributed by atoms with Crippen molar-refractivity contribution in [2.45, 2.75) is 58.4 Å². The Balaban J connectivity index is 4.00. The summed E-state index contributed by atoms with van der Waals surface area (Å²) in [6.07, 6.45) is 8.02. The molecule has 0 spiro atoms. The number of amides is 2. The number of rotatable bonds is 15. The van der Waals surface area contributed by atoms with Crippen molar-refractivity contribution in [1.29, 1.82) is 0 Å². The molecule has 142 valence electrons. The van der Waals surface area contributed by atoms with Gasteiger partial charge in [0.1, 0.15) is 6.04 Å². The standard InChI is InChI=1S/C17H35N3O3S/c1-4-6-11-20(12-7-5-2)13-8-10-18-17(23)19-15(16(21)22)9-14-24-3/h15H,4-14H2,1-3H3,(H,21,22)(H2,18,19,23). The van der Waals surface area contributed by atoms with Crippen molar-refractivity contribution >= 4 is 23.8 Å². The molecule has 0 aliphatic heterocycles. The molecular weight excluding hydrogens is 326 g/mol. The Kier molecular flexibility index (Phi) is 15.0. The molecule has 0 aromatic rings. The van der Waals surface area contributed by atoms with Gasteiger partial charge in [0.2, 0.25) is 0 Å². The van der Waals surface area contributed by atoms with Crippen LogP contribution in [0, 0.1) is 0 Å². The highest BCUT2D eigenvalue weighted by atomic mass is 32.2. The summed E-state index contributed by atoms with van der Waals surface area (Å²) in [5.74, 6) is -0.273. The maximum atomic E-state index is 11.8. The van der Waals surface area contributed by atoms with E-state index in [0.717, 1.165) is 26.1 Å². The van der Waals surface area contributed by atoms with Crippen molar-refractivity contribution in [3.05, 3.63) is 0 Å². The number of carbonyl (C=O) groups excluding carboxylic acids is 1. The maximum Gasteiger partial charge on any atom is 0.326 e. The minimum atomic E-state index is -0.982. The number of hydrogen-bond acceptors (Lipinski definition) is 4. The quantitative estimate of drug-likeness (QED) is 0.391. The third kappa shape index (κ3) is 12.5. The van der Waals surface area contributed by atoms with E-state index in [0.29, 0.717) is 18.7 Å². The molecule has 0 fully saturated rings. The third-order valence-electron chi connectivity index (χ3n) is 3.81. The number of hydrogen-bond donors (Lipinski definition) is 3. The van der Waals surface area contributed by atoms with Crippen molar-refractivity contribution in [2.24, 2.45) is 0 Å². The Morgan fingerprint density at radius 1 is 1.08 bits per heavy atom. The first-order valence-electron chi connectivity index (χ1n) is 9.03. The lowest BCUT2D eigenvalue weighted by Gasteiger charge is -2.22. The molecular formula is C17H35N3O3S. The van der Waals surface area contributed by atoms with Crippen LogP contribution in [0.5, 0.6) is 0 Å². The summed E-state index contributed by atoms with van der Waals surface area (Å²) in [6.45, 7) is 8.14. The molecule has 24 heavy (non-hydrogen) atoms. The Hall–Kier alpha value is -0.950. The molecule has 0 heterocycles. The smallest absolute Gasteiger partial charge is 0.326 e. The van der Waals surface area contributed by atoms with E-state index in [9.17, 15) is 9.59 Å². The first-order valence-corrected chi connectivity index (χ1v) is 10.4. The highest BCUT2D eigenvalue weighted by Gasteiger charge is 2.18. The molecule has 1 atom stereocenters. The molecule has 0 radical (unpaired) electrons. The highest BCUT2D eigenvalue weighted by Crippen LogP contribution is 2.02. The summed E-state index contributed by atoms with van der Waals surface area (Å²) < 4.78 is 0. The number of nitrogens with one attached hydrogen (secondary N) is 2. The van der Waals surface area contributed by atoms with Gasteiger partial charge in [0.15, 0.2) is 0 Å². The van der Waals surface area contributed by atoms with Crippen LogP contribution in [0.1, 0.15) is 52.4 Å². The topological polar surface area (TPSA) is 81.7 Å². The number of urea groups is 1. The second kappa shape index (κ2) is 15.6. The van der Waals surface area contributed by atoms with Gasteiger partial charge in [-0.15, -0.1) is 0 Å². The molecule has 0 saturated heterocycles. The zero-order valence-corrected chi connectivity index (χ0v) is 16.3. The number of carboxylic acid groups (broad SMARTS) is 1. The molecule has 0 bridgehead atoms. The van der Waals surface area contributed by atoms with E-state index in [1.165, 1.54) is 25.7 Å². The Bertz CT molecular complexity index is 335. The van der Waals surface area contributed by atoms with Gasteiger partial charge in [-0.1, -0.05) is 26.7 Å². The summed E-state index contributed by atoms with van der Waals surface area (Å²) in [5, 5.41) is 14.4. The molecule has 0 aliphatic rings. The Morgan fingerprint density at radius 3 is 2.17 bits per heavy atom. The molecule has 7 heteroatoms. The molecule has 6 nitrogen and oxygen atoms in total. The van der Waals surface area contributed by atoms with Crippen LogP contribution in [0.3, 0.4) is 0 Å². The molecule has 0 aromatic carbocycles. The number of thioether (sulfide) groups is 1. The van der Waals surface area contributed by atoms with Crippen LogP contribution in [0.2, 0.25) is 0 Å². The van der Waals surface area contributed by atoms with Gasteiger partial charge < -0.3 is 20.6 Å². The van der Waals surface area contributed by atoms with Gasteiger partial charge in [-0.3, -0.25) is 0 Å². The fourth-order valence-electron chi connectivity index (χ4n) is 2.31. The molecule has 0 aliphatic carbocycles. The van der Waals surface area contributed by atoms with Crippen molar-refractivity contribution in [3.8, 4) is 0 Å². The van der Waals surface area contributed by atoms with Crippen LogP contribution >= 0.6 is 11.8 Å². The predicted octanol–water partition coefficient (Wildman–Crippen LogP) is 2.78. The van der Waals surface area contributed by atoms with Crippen LogP contribution in [0.15, 0.2) is 0 Å². The lowest BCUT2D eigenvalue weighted by Crippen LogP contribution is -2.46. The lowest BCUT2D eigenvalue weighted by atomic mass is 10.2. The monoisotopic (exact) mass is 361 g/mol. The zero-order valence-electron chi connectivity index (χ0n) is 15.5. The zero-order chi connectivity index (χ0) is 18.2. The molecule has 0 aromatic heterocycles. The second-order valence-corrected chi connectivity index (χ2v) is 6.96. The van der Waals surface area contributed by atoms with Crippen molar-refractivity contribution in [3.63, 3.8) is 0 Å². The van der Waals surface area contributed by atoms with Gasteiger partial charge in [0.05, 0.1) is 0 Å². The van der Waals surface area contributed by atoms with E-state index in [1.54, 1.807) is 11.8 Å². The largest absolute Gasteiger partial charge is 0.480 e. The average molecular weight is 362 g/mol. The van der Waals surface area contributed by atoms with Gasteiger partial charge in [-0.05, 0) is 57.3 Å². The molecule has 1 unspecified atom stereocenters. The van der Waals surface area contributed by atoms with Crippen molar-refractivity contribution < 1.29 is 14.7 Å². The normalized spacial score (nSPS) is 12.2. The highest BCUT2D eigenvalue weighted by molar-refractivity contribution is 7.98. The molecule has 3 N–H and O–H groups in total. The molecule has 2 amide bonds. The van der Waals surface area contributed by atoms with Gasteiger partial charge in [0, 0.05) is 6.54 Å². The summed E-state index contributed by atoms with van der Waals surface area (Å²) in [5.41, 5.74) is 0. The van der Waals surface area contributed by atoms with Crippen LogP contribution in [-0.2, 0) is 4.79 Å². The second-order valence-electron chi connectivity index (χ2n) is 5.97. The predicted molar refractivity (Wildman–Crippen MR) is 102 cm³/mol. The van der Waals surface area contributed by atoms with E-state index in [1.807, 2.05) is 6.26 Å². The number of unbranched alkanes of at least 4 members (excludes halogenated alkanes) is 2. The van der Waals surface area contributed by atoms with E-state index >= 15 is 0 Å². The van der Waals surface area contributed by atoms with Crippen molar-refractivity contribution in [2.75, 3.05) is 38.2 Å². The van der Waals surface area contributed by atoms with Crippen LogP contribution in [0.4, 0.5) is 4.79 Å². The first-order chi connectivity index (χ1) is 11.5. The van der Waals surface area contributed by atoms with Crippen LogP contribution < -0.4 is 10.6 Å². The number of aliphatic carboxylic acids is 1. The fourth-order valence-corrected chi connectivity index (χ4v) is 2.78. The van der Waals surface area contributed by atoms with Gasteiger partial charge >= 0.3 is 12.0 Å². The lowest BCUT2D eigenvalue weighted by molar-refractivity contribution is -0.139. The summed E-state index contributed by atoms with van der Waals surface area (Å²) >= 11 is 1.57. The first kappa shape index (κ1) is 23.1.